The standard InChI is InChI=1S/3Mg.2H4O7P2.2H3O4P/c;;;2*1-8(2,3)7-9(4,5)6;2*1-5(2,3)4/h;;;2*(H2,1,2,3)(H2,4,5,6);2*(H3,1,2,3,4)/q3*+2;;;;/p-6. The van der Waals surface area contributed by atoms with Crippen molar-refractivity contribution < 1.29 is 105 Å². The fourth-order valence-corrected chi connectivity index (χ4v) is 2.49. The van der Waals surface area contributed by atoms with Crippen molar-refractivity contribution in [3.63, 3.8) is 0 Å². The first-order valence-electron chi connectivity index (χ1n) is 4.52. The zero-order valence-electron chi connectivity index (χ0n) is 14.1. The van der Waals surface area contributed by atoms with Gasteiger partial charge in [0.1, 0.15) is 0 Å². The number of hydrogen-bond acceptors (Lipinski definition) is 14. The van der Waals surface area contributed by atoms with Crippen molar-refractivity contribution in [2.45, 2.75) is 0 Å². The van der Waals surface area contributed by atoms with Gasteiger partial charge in [-0.05, 0) is 0 Å². The van der Waals surface area contributed by atoms with Crippen LogP contribution >= 0.6 is 46.9 Å². The van der Waals surface area contributed by atoms with Crippen LogP contribution in [0.2, 0.25) is 0 Å². The minimum absolute atomic E-state index is 0. The third kappa shape index (κ3) is 141. The van der Waals surface area contributed by atoms with E-state index in [9.17, 15) is 18.3 Å². The monoisotopic (exact) mass is 618 g/mol. The minimum atomic E-state index is -5.39. The van der Waals surface area contributed by atoms with Gasteiger partial charge in [0.25, 0.3) is 0 Å². The summed E-state index contributed by atoms with van der Waals surface area (Å²) in [5.74, 6) is 0. The Morgan fingerprint density at radius 2 is 0.452 bits per heavy atom. The van der Waals surface area contributed by atoms with Gasteiger partial charge in [0.05, 0.1) is 0 Å². The quantitative estimate of drug-likeness (QED) is 0.107. The second-order valence-corrected chi connectivity index (χ2v) is 10.0. The Kier molecular flexibility index (Phi) is 33.0. The van der Waals surface area contributed by atoms with Crippen molar-refractivity contribution in [1.29, 1.82) is 0 Å². The Bertz CT molecular complexity index is 583. The molecule has 0 aromatic heterocycles. The van der Waals surface area contributed by atoms with Crippen LogP contribution in [0.15, 0.2) is 0 Å². The topological polar surface area (TPSA) is 421 Å². The van der Waals surface area contributed by atoms with Crippen LogP contribution in [0.1, 0.15) is 0 Å². The smallest absolute Gasteiger partial charge is 0.822 e. The summed E-state index contributed by atoms with van der Waals surface area (Å²) in [6, 6.07) is 0. The summed E-state index contributed by atoms with van der Waals surface area (Å²) in [6.45, 7) is 0. The summed E-state index contributed by atoms with van der Waals surface area (Å²) in [7, 11) is -31.0. The Balaban J connectivity index is -0.0000000497. The van der Waals surface area contributed by atoms with Crippen LogP contribution in [-0.2, 0) is 36.0 Å². The van der Waals surface area contributed by atoms with Gasteiger partial charge in [0.2, 0.25) is 0 Å². The molecule has 0 bridgehead atoms. The van der Waals surface area contributed by atoms with E-state index in [1.165, 1.54) is 0 Å². The van der Waals surface area contributed by atoms with E-state index >= 15 is 0 Å². The van der Waals surface area contributed by atoms with Gasteiger partial charge in [-0.25, -0.2) is 18.3 Å². The average molecular weight is 619 g/mol. The van der Waals surface area contributed by atoms with E-state index < -0.39 is 46.9 Å². The maximum atomic E-state index is 9.63. The molecule has 0 saturated heterocycles. The van der Waals surface area contributed by atoms with E-state index in [1.807, 2.05) is 0 Å². The summed E-state index contributed by atoms with van der Waals surface area (Å²) >= 11 is 0. The summed E-state index contributed by atoms with van der Waals surface area (Å²) < 4.78 is 61.5. The Morgan fingerprint density at radius 1 is 0.387 bits per heavy atom. The van der Waals surface area contributed by atoms with Crippen LogP contribution in [0.4, 0.5) is 0 Å². The van der Waals surface area contributed by atoms with Crippen molar-refractivity contribution in [3.8, 4) is 0 Å². The average Bonchev–Trinajstić information content (AvgIpc) is 1.95. The maximum absolute atomic E-state index is 9.63. The first-order chi connectivity index (χ1) is 11.4. The van der Waals surface area contributed by atoms with Crippen LogP contribution in [0.5, 0.6) is 0 Å². The Labute approximate surface area is 219 Å². The van der Waals surface area contributed by atoms with Crippen molar-refractivity contribution in [2.24, 2.45) is 0 Å². The van der Waals surface area contributed by atoms with E-state index in [1.54, 1.807) is 0 Å². The maximum Gasteiger partial charge on any atom is 2.00 e. The molecular formula is H8Mg3O22P6. The van der Waals surface area contributed by atoms with Gasteiger partial charge in [-0.15, -0.1) is 0 Å². The zero-order chi connectivity index (χ0) is 24.4. The van der Waals surface area contributed by atoms with Crippen molar-refractivity contribution >= 4 is 116 Å². The van der Waals surface area contributed by atoms with Crippen LogP contribution in [-0.4, -0.2) is 108 Å². The number of rotatable bonds is 4. The second kappa shape index (κ2) is 20.1. The molecule has 176 valence electrons. The predicted octanol–water partition coefficient (Wildman–Crippen LogP) is -8.41. The normalized spacial score (nSPS) is 11.8. The van der Waals surface area contributed by atoms with Gasteiger partial charge < -0.3 is 77.6 Å². The Morgan fingerprint density at radius 3 is 0.452 bits per heavy atom. The SMILES string of the molecule is O=P(O)(O)OP(=O)(O)O.O=P(O)(O)OP(=O)(O)O.O=P([O-])([O-])[O-].O=P([O-])([O-])[O-].[Mg+2].[Mg+2].[Mg+2]. The van der Waals surface area contributed by atoms with Gasteiger partial charge in [-0.1, -0.05) is 0 Å². The molecule has 0 atom stereocenters. The molecule has 31 heteroatoms. The molecule has 0 unspecified atom stereocenters. The molecule has 0 rings (SSSR count). The molecule has 0 aliphatic rings. The summed E-state index contributed by atoms with van der Waals surface area (Å²) in [5.41, 5.74) is 0. The molecule has 0 aliphatic heterocycles. The molecule has 0 heterocycles. The molecule has 0 aromatic rings. The summed E-state index contributed by atoms with van der Waals surface area (Å²) in [5, 5.41) is 0. The largest absolute Gasteiger partial charge is 2.00 e. The van der Waals surface area contributed by atoms with Crippen LogP contribution in [0, 0.1) is 0 Å². The fraction of sp³-hybridized carbons (Fsp3) is 0. The minimum Gasteiger partial charge on any atom is -0.822 e. The van der Waals surface area contributed by atoms with E-state index in [0.29, 0.717) is 0 Å². The van der Waals surface area contributed by atoms with Gasteiger partial charge in [0, 0.05) is 0 Å². The van der Waals surface area contributed by atoms with E-state index in [4.69, 9.17) is 77.6 Å². The predicted molar refractivity (Wildman–Crippen MR) is 82.8 cm³/mol. The van der Waals surface area contributed by atoms with Crippen LogP contribution in [0.25, 0.3) is 0 Å². The summed E-state index contributed by atoms with van der Waals surface area (Å²) in [4.78, 5) is 113. The summed E-state index contributed by atoms with van der Waals surface area (Å²) in [6.07, 6.45) is 0. The van der Waals surface area contributed by atoms with Crippen molar-refractivity contribution in [1.82, 2.24) is 0 Å². The van der Waals surface area contributed by atoms with Crippen molar-refractivity contribution in [3.05, 3.63) is 0 Å². The molecule has 8 N–H and O–H groups in total. The van der Waals surface area contributed by atoms with Crippen LogP contribution < -0.4 is 29.4 Å². The molecule has 0 fully saturated rings. The zero-order valence-corrected chi connectivity index (χ0v) is 23.7. The first-order valence-corrected chi connectivity index (χ1v) is 13.6. The number of hydrogen-bond donors (Lipinski definition) is 8. The number of phosphoric acid groups is 6. The van der Waals surface area contributed by atoms with Crippen molar-refractivity contribution in [2.75, 3.05) is 0 Å². The molecular weight excluding hydrogens is 611 g/mol. The van der Waals surface area contributed by atoms with Crippen LogP contribution in [0.3, 0.4) is 0 Å². The molecule has 0 amide bonds. The van der Waals surface area contributed by atoms with Gasteiger partial charge in [-0.3, -0.25) is 0 Å². The van der Waals surface area contributed by atoms with Gasteiger partial charge in [0.15, 0.2) is 0 Å². The Hall–Kier alpha value is 3.04. The third-order valence-corrected chi connectivity index (χ3v) is 3.83. The molecule has 0 aliphatic carbocycles. The molecule has 22 nitrogen and oxygen atoms in total. The molecule has 0 radical (unpaired) electrons. The van der Waals surface area contributed by atoms with E-state index in [-0.39, 0.29) is 69.2 Å². The van der Waals surface area contributed by atoms with E-state index in [0.717, 1.165) is 0 Å². The fourth-order valence-electron chi connectivity index (χ4n) is 0.277. The van der Waals surface area contributed by atoms with Gasteiger partial charge >= 0.3 is 100 Å². The molecule has 0 saturated carbocycles. The molecule has 31 heavy (non-hydrogen) atoms. The third-order valence-electron chi connectivity index (χ3n) is 0.425. The molecule has 0 spiro atoms. The van der Waals surface area contributed by atoms with Gasteiger partial charge in [-0.2, -0.15) is 24.3 Å². The second-order valence-electron chi connectivity index (χ2n) is 3.02. The molecule has 0 aromatic carbocycles. The first kappa shape index (κ1) is 50.8. The van der Waals surface area contributed by atoms with E-state index in [2.05, 4.69) is 8.62 Å².